The fourth-order valence-corrected chi connectivity index (χ4v) is 2.29. The average Bonchev–Trinajstić information content (AvgIpc) is 2.92. The molecule has 0 bridgehead atoms. The topological polar surface area (TPSA) is 47.7 Å². The van der Waals surface area contributed by atoms with Gasteiger partial charge in [-0.05, 0) is 33.4 Å². The van der Waals surface area contributed by atoms with Gasteiger partial charge in [0.1, 0.15) is 5.82 Å². The van der Waals surface area contributed by atoms with E-state index in [-0.39, 0.29) is 0 Å². The average molecular weight is 261 g/mol. The smallest absolute Gasteiger partial charge is 0.106 e. The zero-order valence-corrected chi connectivity index (χ0v) is 12.3. The van der Waals surface area contributed by atoms with Crippen molar-refractivity contribution in [2.24, 2.45) is 0 Å². The predicted octanol–water partition coefficient (Wildman–Crippen LogP) is 1.87. The van der Waals surface area contributed by atoms with Crippen molar-refractivity contribution < 1.29 is 0 Å². The van der Waals surface area contributed by atoms with Crippen molar-refractivity contribution in [3.8, 4) is 0 Å². The number of rotatable bonds is 6. The van der Waals surface area contributed by atoms with Crippen LogP contribution in [0.25, 0.3) is 0 Å². The lowest BCUT2D eigenvalue weighted by atomic mass is 10.3. The number of hydrogen-bond donors (Lipinski definition) is 1. The van der Waals surface area contributed by atoms with Crippen molar-refractivity contribution in [3.05, 3.63) is 35.2 Å². The third kappa shape index (κ3) is 3.04. The summed E-state index contributed by atoms with van der Waals surface area (Å²) in [6.07, 6.45) is 1.96. The first-order chi connectivity index (χ1) is 9.15. The SMILES string of the molecule is CCNCc1cnc(C)n1Cc1cc(C)nn1CC. The highest BCUT2D eigenvalue weighted by molar-refractivity contribution is 5.13. The lowest BCUT2D eigenvalue weighted by Gasteiger charge is -2.11. The van der Waals surface area contributed by atoms with Crippen LogP contribution in [0.2, 0.25) is 0 Å². The van der Waals surface area contributed by atoms with Gasteiger partial charge in [-0.3, -0.25) is 4.68 Å². The van der Waals surface area contributed by atoms with Gasteiger partial charge >= 0.3 is 0 Å². The third-order valence-electron chi connectivity index (χ3n) is 3.30. The molecule has 1 N–H and O–H groups in total. The number of nitrogens with zero attached hydrogens (tertiary/aromatic N) is 4. The molecule has 2 aromatic rings. The number of nitrogens with one attached hydrogen (secondary N) is 1. The maximum atomic E-state index is 4.50. The lowest BCUT2D eigenvalue weighted by Crippen LogP contribution is -2.17. The minimum atomic E-state index is 0.835. The van der Waals surface area contributed by atoms with Gasteiger partial charge in [-0.1, -0.05) is 6.92 Å². The Kier molecular flexibility index (Phi) is 4.37. The molecule has 5 nitrogen and oxygen atoms in total. The van der Waals surface area contributed by atoms with Crippen molar-refractivity contribution >= 4 is 0 Å². The van der Waals surface area contributed by atoms with Crippen LogP contribution in [0, 0.1) is 13.8 Å². The molecule has 0 spiro atoms. The van der Waals surface area contributed by atoms with E-state index in [1.165, 1.54) is 11.4 Å². The van der Waals surface area contributed by atoms with Crippen LogP contribution in [-0.2, 0) is 19.6 Å². The summed E-state index contributed by atoms with van der Waals surface area (Å²) in [5.74, 6) is 1.05. The van der Waals surface area contributed by atoms with E-state index in [4.69, 9.17) is 0 Å². The van der Waals surface area contributed by atoms with Crippen molar-refractivity contribution in [1.29, 1.82) is 0 Å². The number of aromatic nitrogens is 4. The first kappa shape index (κ1) is 13.8. The summed E-state index contributed by atoms with van der Waals surface area (Å²) in [5.41, 5.74) is 3.53. The van der Waals surface area contributed by atoms with E-state index < -0.39 is 0 Å². The number of aryl methyl sites for hydroxylation is 3. The van der Waals surface area contributed by atoms with Crippen LogP contribution in [0.1, 0.15) is 36.8 Å². The molecule has 0 aliphatic carbocycles. The van der Waals surface area contributed by atoms with Crippen LogP contribution in [0.3, 0.4) is 0 Å². The van der Waals surface area contributed by atoms with Crippen molar-refractivity contribution in [3.63, 3.8) is 0 Å². The van der Waals surface area contributed by atoms with Crippen LogP contribution in [0.5, 0.6) is 0 Å². The molecule has 2 aromatic heterocycles. The Morgan fingerprint density at radius 2 is 2.00 bits per heavy atom. The highest BCUT2D eigenvalue weighted by Gasteiger charge is 2.10. The van der Waals surface area contributed by atoms with Gasteiger partial charge < -0.3 is 9.88 Å². The third-order valence-corrected chi connectivity index (χ3v) is 3.30. The molecule has 0 amide bonds. The fraction of sp³-hybridized carbons (Fsp3) is 0.571. The van der Waals surface area contributed by atoms with Crippen LogP contribution in [-0.4, -0.2) is 25.9 Å². The lowest BCUT2D eigenvalue weighted by molar-refractivity contribution is 0.576. The standard InChI is InChI=1S/C14H23N5/c1-5-15-8-14-9-16-12(4)18(14)10-13-7-11(3)17-19(13)6-2/h7,9,15H,5-6,8,10H2,1-4H3. The summed E-state index contributed by atoms with van der Waals surface area (Å²) in [5, 5.41) is 7.85. The normalized spacial score (nSPS) is 11.2. The predicted molar refractivity (Wildman–Crippen MR) is 76.1 cm³/mol. The monoisotopic (exact) mass is 261 g/mol. The largest absolute Gasteiger partial charge is 0.325 e. The van der Waals surface area contributed by atoms with Gasteiger partial charge in [0.05, 0.1) is 23.6 Å². The van der Waals surface area contributed by atoms with Crippen LogP contribution >= 0.6 is 0 Å². The Bertz CT molecular complexity index is 538. The molecule has 104 valence electrons. The summed E-state index contributed by atoms with van der Waals surface area (Å²) >= 11 is 0. The second-order valence-corrected chi connectivity index (χ2v) is 4.76. The molecule has 0 unspecified atom stereocenters. The van der Waals surface area contributed by atoms with E-state index in [1.54, 1.807) is 0 Å². The van der Waals surface area contributed by atoms with Gasteiger partial charge in [0.25, 0.3) is 0 Å². The minimum absolute atomic E-state index is 0.835. The summed E-state index contributed by atoms with van der Waals surface area (Å²) in [7, 11) is 0. The van der Waals surface area contributed by atoms with Crippen molar-refractivity contribution in [2.45, 2.75) is 47.3 Å². The van der Waals surface area contributed by atoms with Crippen molar-refractivity contribution in [2.75, 3.05) is 6.54 Å². The molecule has 0 saturated heterocycles. The van der Waals surface area contributed by atoms with Gasteiger partial charge in [-0.25, -0.2) is 4.98 Å². The van der Waals surface area contributed by atoms with Gasteiger partial charge in [0, 0.05) is 19.3 Å². The molecule has 0 radical (unpaired) electrons. The summed E-state index contributed by atoms with van der Waals surface area (Å²) in [4.78, 5) is 4.42. The summed E-state index contributed by atoms with van der Waals surface area (Å²) < 4.78 is 4.32. The molecule has 0 aromatic carbocycles. The summed E-state index contributed by atoms with van der Waals surface area (Å²) in [6, 6.07) is 2.15. The van der Waals surface area contributed by atoms with E-state index in [9.17, 15) is 0 Å². The highest BCUT2D eigenvalue weighted by atomic mass is 15.3. The maximum Gasteiger partial charge on any atom is 0.106 e. The van der Waals surface area contributed by atoms with Gasteiger partial charge in [-0.2, -0.15) is 5.10 Å². The van der Waals surface area contributed by atoms with E-state index in [0.717, 1.165) is 37.7 Å². The summed E-state index contributed by atoms with van der Waals surface area (Å²) in [6.45, 7) is 11.9. The zero-order chi connectivity index (χ0) is 13.8. The molecule has 0 aliphatic heterocycles. The molecule has 5 heteroatoms. The van der Waals surface area contributed by atoms with Gasteiger partial charge in [-0.15, -0.1) is 0 Å². The molecular formula is C14H23N5. The molecule has 0 saturated carbocycles. The van der Waals surface area contributed by atoms with E-state index in [1.807, 2.05) is 13.1 Å². The zero-order valence-electron chi connectivity index (χ0n) is 12.3. The molecule has 0 fully saturated rings. The molecule has 2 rings (SSSR count). The Balaban J connectivity index is 2.24. The Morgan fingerprint density at radius 3 is 2.68 bits per heavy atom. The van der Waals surface area contributed by atoms with Crippen molar-refractivity contribution in [1.82, 2.24) is 24.6 Å². The molecular weight excluding hydrogens is 238 g/mol. The molecule has 0 atom stereocenters. The first-order valence-corrected chi connectivity index (χ1v) is 6.90. The molecule has 0 aliphatic rings. The molecule has 19 heavy (non-hydrogen) atoms. The van der Waals surface area contributed by atoms with E-state index in [0.29, 0.717) is 0 Å². The Hall–Kier alpha value is -1.62. The van der Waals surface area contributed by atoms with Gasteiger partial charge in [0.15, 0.2) is 0 Å². The first-order valence-electron chi connectivity index (χ1n) is 6.90. The molecule has 2 heterocycles. The Labute approximate surface area is 114 Å². The van der Waals surface area contributed by atoms with Crippen LogP contribution in [0.4, 0.5) is 0 Å². The van der Waals surface area contributed by atoms with Crippen LogP contribution in [0.15, 0.2) is 12.3 Å². The second kappa shape index (κ2) is 6.02. The maximum absolute atomic E-state index is 4.50. The Morgan fingerprint density at radius 1 is 1.21 bits per heavy atom. The highest BCUT2D eigenvalue weighted by Crippen LogP contribution is 2.11. The minimum Gasteiger partial charge on any atom is -0.325 e. The number of imidazole rings is 1. The van der Waals surface area contributed by atoms with Crippen LogP contribution < -0.4 is 5.32 Å². The number of hydrogen-bond acceptors (Lipinski definition) is 3. The second-order valence-electron chi connectivity index (χ2n) is 4.76. The van der Waals surface area contributed by atoms with Gasteiger partial charge in [0.2, 0.25) is 0 Å². The van der Waals surface area contributed by atoms with E-state index in [2.05, 4.69) is 51.5 Å². The van der Waals surface area contributed by atoms with E-state index >= 15 is 0 Å². The fourth-order valence-electron chi connectivity index (χ4n) is 2.29. The quantitative estimate of drug-likeness (QED) is 0.863.